The fourth-order valence-electron chi connectivity index (χ4n) is 1.88. The lowest BCUT2D eigenvalue weighted by Crippen LogP contribution is -2.12. The van der Waals surface area contributed by atoms with E-state index in [-0.39, 0.29) is 0 Å². The SMILES string of the molecule is COc1ccc(Cl)cc1-c1nn(CC(C)O)cc1N. The van der Waals surface area contributed by atoms with Crippen LogP contribution in [0.1, 0.15) is 6.92 Å². The number of nitrogens with two attached hydrogens (primary N) is 1. The number of aliphatic hydroxyl groups is 1. The summed E-state index contributed by atoms with van der Waals surface area (Å²) in [6, 6.07) is 5.27. The molecule has 102 valence electrons. The van der Waals surface area contributed by atoms with Crippen LogP contribution in [0.4, 0.5) is 5.69 Å². The van der Waals surface area contributed by atoms with E-state index in [1.807, 2.05) is 0 Å². The van der Waals surface area contributed by atoms with Crippen molar-refractivity contribution in [3.05, 3.63) is 29.4 Å². The van der Waals surface area contributed by atoms with E-state index in [1.165, 1.54) is 0 Å². The fraction of sp³-hybridized carbons (Fsp3) is 0.308. The van der Waals surface area contributed by atoms with E-state index >= 15 is 0 Å². The number of benzene rings is 1. The molecule has 1 atom stereocenters. The highest BCUT2D eigenvalue weighted by Crippen LogP contribution is 2.34. The van der Waals surface area contributed by atoms with Crippen molar-refractivity contribution in [1.82, 2.24) is 9.78 Å². The van der Waals surface area contributed by atoms with Crippen LogP contribution in [0.25, 0.3) is 11.3 Å². The highest BCUT2D eigenvalue weighted by Gasteiger charge is 2.14. The molecule has 6 heteroatoms. The first-order valence-electron chi connectivity index (χ1n) is 5.86. The lowest BCUT2D eigenvalue weighted by atomic mass is 10.1. The maximum Gasteiger partial charge on any atom is 0.128 e. The third kappa shape index (κ3) is 3.00. The zero-order chi connectivity index (χ0) is 14.0. The van der Waals surface area contributed by atoms with Gasteiger partial charge in [-0.05, 0) is 25.1 Å². The molecule has 0 fully saturated rings. The highest BCUT2D eigenvalue weighted by molar-refractivity contribution is 6.31. The van der Waals surface area contributed by atoms with Crippen molar-refractivity contribution in [2.45, 2.75) is 19.6 Å². The second kappa shape index (κ2) is 5.50. The average molecular weight is 282 g/mol. The molecule has 3 N–H and O–H groups in total. The summed E-state index contributed by atoms with van der Waals surface area (Å²) in [5.41, 5.74) is 7.80. The quantitative estimate of drug-likeness (QED) is 0.901. The third-order valence-electron chi connectivity index (χ3n) is 2.66. The number of rotatable bonds is 4. The summed E-state index contributed by atoms with van der Waals surface area (Å²) in [4.78, 5) is 0. The van der Waals surface area contributed by atoms with Gasteiger partial charge >= 0.3 is 0 Å². The van der Waals surface area contributed by atoms with E-state index in [9.17, 15) is 5.11 Å². The lowest BCUT2D eigenvalue weighted by Gasteiger charge is -2.07. The average Bonchev–Trinajstić information content (AvgIpc) is 2.69. The van der Waals surface area contributed by atoms with Crippen LogP contribution in [-0.2, 0) is 6.54 Å². The van der Waals surface area contributed by atoms with Gasteiger partial charge in [0.15, 0.2) is 0 Å². The molecule has 19 heavy (non-hydrogen) atoms. The molecule has 0 amide bonds. The Balaban J connectivity index is 2.46. The van der Waals surface area contributed by atoms with Crippen molar-refractivity contribution in [3.8, 4) is 17.0 Å². The first-order chi connectivity index (χ1) is 9.01. The summed E-state index contributed by atoms with van der Waals surface area (Å²) in [7, 11) is 1.58. The Kier molecular flexibility index (Phi) is 3.97. The van der Waals surface area contributed by atoms with E-state index in [4.69, 9.17) is 22.1 Å². The molecule has 0 aliphatic heterocycles. The van der Waals surface area contributed by atoms with Gasteiger partial charge in [0.1, 0.15) is 11.4 Å². The van der Waals surface area contributed by atoms with Crippen molar-refractivity contribution < 1.29 is 9.84 Å². The van der Waals surface area contributed by atoms with Gasteiger partial charge in [0, 0.05) is 16.8 Å². The molecule has 2 aromatic rings. The molecule has 1 aromatic carbocycles. The Morgan fingerprint density at radius 2 is 2.26 bits per heavy atom. The smallest absolute Gasteiger partial charge is 0.128 e. The largest absolute Gasteiger partial charge is 0.496 e. The van der Waals surface area contributed by atoms with Crippen molar-refractivity contribution in [3.63, 3.8) is 0 Å². The minimum absolute atomic E-state index is 0.382. The number of aliphatic hydroxyl groups excluding tert-OH is 1. The van der Waals surface area contributed by atoms with Gasteiger partial charge in [-0.1, -0.05) is 11.6 Å². The van der Waals surface area contributed by atoms with Crippen molar-refractivity contribution in [2.75, 3.05) is 12.8 Å². The predicted molar refractivity (Wildman–Crippen MR) is 75.3 cm³/mol. The lowest BCUT2D eigenvalue weighted by molar-refractivity contribution is 0.168. The van der Waals surface area contributed by atoms with Crippen LogP contribution in [-0.4, -0.2) is 28.1 Å². The number of nitrogens with zero attached hydrogens (tertiary/aromatic N) is 2. The predicted octanol–water partition coefficient (Wildman–Crippen LogP) is 2.18. The number of anilines is 1. The van der Waals surface area contributed by atoms with Gasteiger partial charge in [0.05, 0.1) is 25.4 Å². The Labute approximate surface area is 116 Å². The van der Waals surface area contributed by atoms with Gasteiger partial charge in [0.2, 0.25) is 0 Å². The number of ether oxygens (including phenoxy) is 1. The van der Waals surface area contributed by atoms with Gasteiger partial charge in [-0.3, -0.25) is 4.68 Å². The Hall–Kier alpha value is -1.72. The van der Waals surface area contributed by atoms with E-state index in [2.05, 4.69) is 5.10 Å². The molecule has 0 radical (unpaired) electrons. The van der Waals surface area contributed by atoms with E-state index in [1.54, 1.807) is 43.1 Å². The first-order valence-corrected chi connectivity index (χ1v) is 6.24. The van der Waals surface area contributed by atoms with Gasteiger partial charge in [-0.25, -0.2) is 0 Å². The molecule has 1 aromatic heterocycles. The molecule has 2 rings (SSSR count). The Bertz CT molecular complexity index is 581. The normalized spacial score (nSPS) is 12.4. The first kappa shape index (κ1) is 13.7. The zero-order valence-corrected chi connectivity index (χ0v) is 11.6. The molecule has 0 aliphatic carbocycles. The van der Waals surface area contributed by atoms with Crippen LogP contribution in [0, 0.1) is 0 Å². The summed E-state index contributed by atoms with van der Waals surface area (Å²) >= 11 is 6.00. The molecular weight excluding hydrogens is 266 g/mol. The molecule has 0 saturated heterocycles. The molecule has 5 nitrogen and oxygen atoms in total. The number of methoxy groups -OCH3 is 1. The van der Waals surface area contributed by atoms with Crippen LogP contribution in [0.5, 0.6) is 5.75 Å². The highest BCUT2D eigenvalue weighted by atomic mass is 35.5. The second-order valence-corrected chi connectivity index (χ2v) is 4.79. The van der Waals surface area contributed by atoms with Gasteiger partial charge in [-0.2, -0.15) is 5.10 Å². The van der Waals surface area contributed by atoms with Gasteiger partial charge < -0.3 is 15.6 Å². The molecule has 1 heterocycles. The third-order valence-corrected chi connectivity index (χ3v) is 2.89. The van der Waals surface area contributed by atoms with Gasteiger partial charge in [0.25, 0.3) is 0 Å². The second-order valence-electron chi connectivity index (χ2n) is 4.35. The fourth-order valence-corrected chi connectivity index (χ4v) is 2.05. The molecule has 0 saturated carbocycles. The molecule has 0 bridgehead atoms. The van der Waals surface area contributed by atoms with E-state index in [0.717, 1.165) is 5.56 Å². The van der Waals surface area contributed by atoms with Crippen LogP contribution in [0.2, 0.25) is 5.02 Å². The van der Waals surface area contributed by atoms with Crippen molar-refractivity contribution >= 4 is 17.3 Å². The van der Waals surface area contributed by atoms with Crippen LogP contribution < -0.4 is 10.5 Å². The molecule has 0 aliphatic rings. The summed E-state index contributed by atoms with van der Waals surface area (Å²) in [5, 5.41) is 14.3. The summed E-state index contributed by atoms with van der Waals surface area (Å²) in [5.74, 6) is 0.651. The van der Waals surface area contributed by atoms with E-state index < -0.39 is 6.10 Å². The van der Waals surface area contributed by atoms with Crippen LogP contribution in [0.15, 0.2) is 24.4 Å². The Morgan fingerprint density at radius 3 is 2.89 bits per heavy atom. The summed E-state index contributed by atoms with van der Waals surface area (Å²) in [6.45, 7) is 2.07. The number of aromatic nitrogens is 2. The number of nitrogen functional groups attached to an aromatic ring is 1. The van der Waals surface area contributed by atoms with Crippen molar-refractivity contribution in [1.29, 1.82) is 0 Å². The van der Waals surface area contributed by atoms with Crippen molar-refractivity contribution in [2.24, 2.45) is 0 Å². The van der Waals surface area contributed by atoms with Crippen LogP contribution in [0.3, 0.4) is 0 Å². The molecule has 0 spiro atoms. The molecular formula is C13H16ClN3O2. The minimum atomic E-state index is -0.492. The summed E-state index contributed by atoms with van der Waals surface area (Å²) in [6.07, 6.45) is 1.19. The van der Waals surface area contributed by atoms with Gasteiger partial charge in [-0.15, -0.1) is 0 Å². The van der Waals surface area contributed by atoms with E-state index in [0.29, 0.717) is 28.7 Å². The number of hydrogen-bond acceptors (Lipinski definition) is 4. The number of hydrogen-bond donors (Lipinski definition) is 2. The monoisotopic (exact) mass is 281 g/mol. The zero-order valence-electron chi connectivity index (χ0n) is 10.8. The van der Waals surface area contributed by atoms with Crippen LogP contribution >= 0.6 is 11.6 Å². The maximum absolute atomic E-state index is 9.37. The summed E-state index contributed by atoms with van der Waals surface area (Å²) < 4.78 is 6.89. The number of halogens is 1. The minimum Gasteiger partial charge on any atom is -0.496 e. The molecule has 1 unspecified atom stereocenters. The topological polar surface area (TPSA) is 73.3 Å². The standard InChI is InChI=1S/C13H16ClN3O2/c1-8(18)6-17-7-11(15)13(16-17)10-5-9(14)3-4-12(10)19-2/h3-5,7-8,18H,6,15H2,1-2H3. The maximum atomic E-state index is 9.37. The Morgan fingerprint density at radius 1 is 1.53 bits per heavy atom.